The molecule has 1 aromatic rings. The Balaban J connectivity index is 1.49. The first kappa shape index (κ1) is 11.7. The molecule has 5 rings (SSSR count). The molecular formula is C14H20N4O. The second kappa shape index (κ2) is 4.18. The van der Waals surface area contributed by atoms with E-state index < -0.39 is 0 Å². The Labute approximate surface area is 113 Å². The minimum absolute atomic E-state index is 0.164. The van der Waals surface area contributed by atoms with E-state index in [9.17, 15) is 5.11 Å². The highest BCUT2D eigenvalue weighted by Crippen LogP contribution is 2.29. The van der Waals surface area contributed by atoms with E-state index in [1.54, 1.807) is 6.07 Å². The zero-order chi connectivity index (χ0) is 12.9. The van der Waals surface area contributed by atoms with E-state index >= 15 is 0 Å². The summed E-state index contributed by atoms with van der Waals surface area (Å²) in [6.07, 6.45) is 0. The zero-order valence-electron chi connectivity index (χ0n) is 11.0. The first-order chi connectivity index (χ1) is 9.22. The minimum atomic E-state index is 0.164. The molecule has 0 atom stereocenters. The molecule has 4 saturated heterocycles. The van der Waals surface area contributed by atoms with Gasteiger partial charge in [-0.1, -0.05) is 18.2 Å². The van der Waals surface area contributed by atoms with Crippen molar-refractivity contribution < 1.29 is 5.11 Å². The fourth-order valence-electron chi connectivity index (χ4n) is 3.83. The second-order valence-electron chi connectivity index (χ2n) is 6.17. The molecule has 4 bridgehead atoms. The lowest BCUT2D eigenvalue weighted by molar-refractivity contribution is -0.150. The SMILES string of the molecule is Oc1ccccc1CNC12CN3CN(CN(C3)C1)C2. The van der Waals surface area contributed by atoms with Gasteiger partial charge in [-0.15, -0.1) is 0 Å². The van der Waals surface area contributed by atoms with E-state index in [0.29, 0.717) is 5.75 Å². The average Bonchev–Trinajstić information content (AvgIpc) is 2.36. The number of rotatable bonds is 3. The van der Waals surface area contributed by atoms with Crippen LogP contribution in [0.25, 0.3) is 0 Å². The van der Waals surface area contributed by atoms with Crippen molar-refractivity contribution in [3.63, 3.8) is 0 Å². The Morgan fingerprint density at radius 2 is 1.58 bits per heavy atom. The van der Waals surface area contributed by atoms with Crippen LogP contribution in [0.3, 0.4) is 0 Å². The molecule has 0 aromatic heterocycles. The van der Waals surface area contributed by atoms with Crippen LogP contribution in [0.1, 0.15) is 5.56 Å². The van der Waals surface area contributed by atoms with Crippen molar-refractivity contribution in [3.8, 4) is 5.75 Å². The summed E-state index contributed by atoms with van der Waals surface area (Å²) in [4.78, 5) is 7.48. The van der Waals surface area contributed by atoms with Crippen LogP contribution >= 0.6 is 0 Å². The number of para-hydroxylation sites is 1. The van der Waals surface area contributed by atoms with Crippen LogP contribution < -0.4 is 5.32 Å². The molecule has 0 radical (unpaired) electrons. The highest BCUT2D eigenvalue weighted by Gasteiger charge is 2.48. The van der Waals surface area contributed by atoms with Crippen LogP contribution in [0.5, 0.6) is 5.75 Å². The van der Waals surface area contributed by atoms with Gasteiger partial charge in [0.1, 0.15) is 5.75 Å². The largest absolute Gasteiger partial charge is 0.508 e. The molecule has 19 heavy (non-hydrogen) atoms. The Morgan fingerprint density at radius 3 is 2.16 bits per heavy atom. The van der Waals surface area contributed by atoms with Gasteiger partial charge in [-0.3, -0.25) is 14.7 Å². The molecule has 1 aromatic carbocycles. The second-order valence-corrected chi connectivity index (χ2v) is 6.17. The van der Waals surface area contributed by atoms with Crippen LogP contribution in [0, 0.1) is 0 Å². The third-order valence-corrected chi connectivity index (χ3v) is 4.42. The van der Waals surface area contributed by atoms with Crippen molar-refractivity contribution >= 4 is 0 Å². The number of phenols is 1. The van der Waals surface area contributed by atoms with E-state index in [4.69, 9.17) is 0 Å². The Morgan fingerprint density at radius 1 is 1.00 bits per heavy atom. The summed E-state index contributed by atoms with van der Waals surface area (Å²) in [5.41, 5.74) is 1.15. The summed E-state index contributed by atoms with van der Waals surface area (Å²) in [6.45, 7) is 7.42. The lowest BCUT2D eigenvalue weighted by atomic mass is 9.90. The Kier molecular flexibility index (Phi) is 2.57. The summed E-state index contributed by atoms with van der Waals surface area (Å²) in [6, 6.07) is 7.59. The number of aromatic hydroxyl groups is 1. The fourth-order valence-corrected chi connectivity index (χ4v) is 3.83. The highest BCUT2D eigenvalue weighted by atomic mass is 16.3. The quantitative estimate of drug-likeness (QED) is 0.803. The number of nitrogens with one attached hydrogen (secondary N) is 1. The predicted octanol–water partition coefficient (Wildman–Crippen LogP) is 0.0399. The lowest BCUT2D eigenvalue weighted by Crippen LogP contribution is -2.79. The molecule has 0 spiro atoms. The number of hydrogen-bond acceptors (Lipinski definition) is 5. The Hall–Kier alpha value is -1.14. The molecule has 5 nitrogen and oxygen atoms in total. The van der Waals surface area contributed by atoms with Gasteiger partial charge in [0, 0.05) is 31.7 Å². The van der Waals surface area contributed by atoms with E-state index in [0.717, 1.165) is 51.7 Å². The maximum absolute atomic E-state index is 9.85. The molecular weight excluding hydrogens is 240 g/mol. The summed E-state index contributed by atoms with van der Waals surface area (Å²) in [5, 5.41) is 13.6. The number of benzene rings is 1. The molecule has 5 heteroatoms. The molecule has 0 amide bonds. The van der Waals surface area contributed by atoms with Crippen molar-refractivity contribution in [2.24, 2.45) is 0 Å². The molecule has 4 heterocycles. The van der Waals surface area contributed by atoms with Crippen LogP contribution in [-0.2, 0) is 6.54 Å². The maximum atomic E-state index is 9.85. The van der Waals surface area contributed by atoms with Gasteiger partial charge >= 0.3 is 0 Å². The van der Waals surface area contributed by atoms with Gasteiger partial charge in [-0.2, -0.15) is 0 Å². The average molecular weight is 260 g/mol. The van der Waals surface area contributed by atoms with Crippen LogP contribution in [-0.4, -0.2) is 65.0 Å². The monoisotopic (exact) mass is 260 g/mol. The molecule has 102 valence electrons. The molecule has 0 saturated carbocycles. The van der Waals surface area contributed by atoms with E-state index in [1.807, 2.05) is 18.2 Å². The number of nitrogens with zero attached hydrogens (tertiary/aromatic N) is 3. The Bertz CT molecular complexity index is 455. The summed E-state index contributed by atoms with van der Waals surface area (Å²) >= 11 is 0. The minimum Gasteiger partial charge on any atom is -0.508 e. The highest BCUT2D eigenvalue weighted by molar-refractivity contribution is 5.31. The third kappa shape index (κ3) is 2.03. The predicted molar refractivity (Wildman–Crippen MR) is 72.4 cm³/mol. The van der Waals surface area contributed by atoms with Crippen LogP contribution in [0.4, 0.5) is 0 Å². The van der Waals surface area contributed by atoms with E-state index in [-0.39, 0.29) is 5.54 Å². The first-order valence-corrected chi connectivity index (χ1v) is 6.91. The van der Waals surface area contributed by atoms with Gasteiger partial charge in [-0.25, -0.2) is 0 Å². The number of phenolic OH excluding ortho intramolecular Hbond substituents is 1. The van der Waals surface area contributed by atoms with E-state index in [2.05, 4.69) is 20.0 Å². The summed E-state index contributed by atoms with van der Waals surface area (Å²) < 4.78 is 0. The van der Waals surface area contributed by atoms with Crippen molar-refractivity contribution in [2.75, 3.05) is 39.6 Å². The molecule has 0 aliphatic carbocycles. The summed E-state index contributed by atoms with van der Waals surface area (Å²) in [5.74, 6) is 0.389. The molecule has 4 fully saturated rings. The topological polar surface area (TPSA) is 42.0 Å². The lowest BCUT2D eigenvalue weighted by Gasteiger charge is -2.60. The molecule has 4 aliphatic rings. The normalized spacial score (nSPS) is 39.7. The van der Waals surface area contributed by atoms with Gasteiger partial charge in [0.2, 0.25) is 0 Å². The number of hydrogen-bond donors (Lipinski definition) is 2. The fraction of sp³-hybridized carbons (Fsp3) is 0.571. The van der Waals surface area contributed by atoms with Crippen molar-refractivity contribution in [2.45, 2.75) is 12.1 Å². The third-order valence-electron chi connectivity index (χ3n) is 4.42. The van der Waals surface area contributed by atoms with Crippen LogP contribution in [0.15, 0.2) is 24.3 Å². The van der Waals surface area contributed by atoms with E-state index in [1.165, 1.54) is 0 Å². The van der Waals surface area contributed by atoms with Gasteiger partial charge in [0.25, 0.3) is 0 Å². The van der Waals surface area contributed by atoms with Gasteiger partial charge in [0.15, 0.2) is 0 Å². The zero-order valence-corrected chi connectivity index (χ0v) is 11.0. The van der Waals surface area contributed by atoms with Gasteiger partial charge < -0.3 is 10.4 Å². The van der Waals surface area contributed by atoms with Crippen LogP contribution in [0.2, 0.25) is 0 Å². The molecule has 2 N–H and O–H groups in total. The van der Waals surface area contributed by atoms with Crippen molar-refractivity contribution in [1.29, 1.82) is 0 Å². The molecule has 0 unspecified atom stereocenters. The summed E-state index contributed by atoms with van der Waals surface area (Å²) in [7, 11) is 0. The maximum Gasteiger partial charge on any atom is 0.120 e. The van der Waals surface area contributed by atoms with Gasteiger partial charge in [-0.05, 0) is 6.07 Å². The standard InChI is InChI=1S/C14H20N4O/c19-13-4-2-1-3-12(13)5-15-14-6-16-9-17(7-14)11-18(8-14)10-16/h1-4,15,19H,5-11H2. The smallest absolute Gasteiger partial charge is 0.120 e. The van der Waals surface area contributed by atoms with Gasteiger partial charge in [0.05, 0.1) is 25.5 Å². The van der Waals surface area contributed by atoms with Crippen molar-refractivity contribution in [1.82, 2.24) is 20.0 Å². The van der Waals surface area contributed by atoms with Crippen molar-refractivity contribution in [3.05, 3.63) is 29.8 Å². The molecule has 4 aliphatic heterocycles. The first-order valence-electron chi connectivity index (χ1n) is 6.91.